The summed E-state index contributed by atoms with van der Waals surface area (Å²) < 4.78 is 40.4. The van der Waals surface area contributed by atoms with Crippen LogP contribution in [0.15, 0.2) is 0 Å². The van der Waals surface area contributed by atoms with Gasteiger partial charge in [0.15, 0.2) is 4.96 Å². The van der Waals surface area contributed by atoms with Gasteiger partial charge in [-0.3, -0.25) is 4.40 Å². The van der Waals surface area contributed by atoms with E-state index >= 15 is 0 Å². The minimum absolute atomic E-state index is 0.0665. The van der Waals surface area contributed by atoms with Crippen LogP contribution in [0.4, 0.5) is 13.2 Å². The molecule has 0 aromatic carbocycles. The molecule has 1 atom stereocenters. The van der Waals surface area contributed by atoms with Gasteiger partial charge in [0, 0.05) is 22.7 Å². The second-order valence-corrected chi connectivity index (χ2v) is 6.03. The van der Waals surface area contributed by atoms with E-state index in [1.54, 1.807) is 11.3 Å². The van der Waals surface area contributed by atoms with Crippen LogP contribution in [0, 0.1) is 19.8 Å². The van der Waals surface area contributed by atoms with E-state index in [1.165, 1.54) is 0 Å². The maximum absolute atomic E-state index is 12.8. The zero-order valence-corrected chi connectivity index (χ0v) is 11.0. The molecule has 1 aliphatic rings. The predicted octanol–water partition coefficient (Wildman–Crippen LogP) is 3.68. The van der Waals surface area contributed by atoms with Crippen molar-refractivity contribution in [1.29, 1.82) is 0 Å². The smallest absolute Gasteiger partial charge is 0.291 e. The van der Waals surface area contributed by atoms with E-state index < -0.39 is 12.1 Å². The van der Waals surface area contributed by atoms with Gasteiger partial charge in [0.25, 0.3) is 0 Å². The van der Waals surface area contributed by atoms with Gasteiger partial charge in [0.2, 0.25) is 0 Å². The standard InChI is InChI=1S/C12H13F3N2S/c1-6-7(2)18-11-16-9-4-3-8(12(13,14)15)5-10(9)17(6)11/h8H,3-5H2,1-2H3. The van der Waals surface area contributed by atoms with E-state index in [0.29, 0.717) is 6.42 Å². The SMILES string of the molecule is Cc1sc2nc3c(n2c1C)CC(C(F)(F)F)CC3. The number of hydrogen-bond acceptors (Lipinski definition) is 2. The Bertz CT molecular complexity index is 609. The molecule has 2 heterocycles. The van der Waals surface area contributed by atoms with E-state index in [2.05, 4.69) is 4.98 Å². The van der Waals surface area contributed by atoms with Gasteiger partial charge in [-0.2, -0.15) is 13.2 Å². The van der Waals surface area contributed by atoms with Gasteiger partial charge >= 0.3 is 6.18 Å². The van der Waals surface area contributed by atoms with E-state index in [0.717, 1.165) is 26.9 Å². The average Bonchev–Trinajstić information content (AvgIpc) is 2.75. The van der Waals surface area contributed by atoms with Crippen molar-refractivity contribution in [3.63, 3.8) is 0 Å². The number of aryl methyl sites for hydroxylation is 3. The van der Waals surface area contributed by atoms with Crippen molar-refractivity contribution < 1.29 is 13.2 Å². The monoisotopic (exact) mass is 274 g/mol. The van der Waals surface area contributed by atoms with Gasteiger partial charge in [0.05, 0.1) is 11.6 Å². The molecule has 1 aliphatic carbocycles. The fourth-order valence-electron chi connectivity index (χ4n) is 2.59. The summed E-state index contributed by atoms with van der Waals surface area (Å²) in [6, 6.07) is 0. The molecule has 0 saturated carbocycles. The van der Waals surface area contributed by atoms with Crippen LogP contribution in [0.25, 0.3) is 4.96 Å². The van der Waals surface area contributed by atoms with E-state index in [4.69, 9.17) is 0 Å². The van der Waals surface area contributed by atoms with E-state index in [-0.39, 0.29) is 12.8 Å². The fraction of sp³-hybridized carbons (Fsp3) is 0.583. The lowest BCUT2D eigenvalue weighted by Crippen LogP contribution is -2.29. The first kappa shape index (κ1) is 12.0. The van der Waals surface area contributed by atoms with E-state index in [9.17, 15) is 13.2 Å². The highest BCUT2D eigenvalue weighted by atomic mass is 32.1. The number of fused-ring (bicyclic) bond motifs is 3. The van der Waals surface area contributed by atoms with Crippen molar-refractivity contribution in [3.8, 4) is 0 Å². The molecule has 0 aliphatic heterocycles. The molecule has 2 aromatic rings. The number of halogens is 3. The molecule has 98 valence electrons. The Kier molecular flexibility index (Phi) is 2.49. The summed E-state index contributed by atoms with van der Waals surface area (Å²) in [6.45, 7) is 3.92. The lowest BCUT2D eigenvalue weighted by molar-refractivity contribution is -0.177. The summed E-state index contributed by atoms with van der Waals surface area (Å²) in [6.07, 6.45) is -3.43. The van der Waals surface area contributed by atoms with Gasteiger partial charge in [-0.25, -0.2) is 4.98 Å². The van der Waals surface area contributed by atoms with Gasteiger partial charge in [-0.1, -0.05) is 0 Å². The topological polar surface area (TPSA) is 17.3 Å². The Morgan fingerprint density at radius 2 is 2.06 bits per heavy atom. The molecule has 3 rings (SSSR count). The molecule has 2 aromatic heterocycles. The summed E-state index contributed by atoms with van der Waals surface area (Å²) in [4.78, 5) is 6.42. The van der Waals surface area contributed by atoms with Gasteiger partial charge in [-0.05, 0) is 26.7 Å². The molecule has 6 heteroatoms. The molecule has 0 amide bonds. The number of rotatable bonds is 0. The molecule has 0 N–H and O–H groups in total. The van der Waals surface area contributed by atoms with Crippen LogP contribution in [0.1, 0.15) is 28.4 Å². The summed E-state index contributed by atoms with van der Waals surface area (Å²) in [7, 11) is 0. The molecular weight excluding hydrogens is 261 g/mol. The first-order chi connectivity index (χ1) is 8.38. The van der Waals surface area contributed by atoms with Crippen molar-refractivity contribution in [2.24, 2.45) is 5.92 Å². The van der Waals surface area contributed by atoms with Gasteiger partial charge in [-0.15, -0.1) is 11.3 Å². The Labute approximate surface area is 106 Å². The van der Waals surface area contributed by atoms with Crippen LogP contribution >= 0.6 is 11.3 Å². The molecular formula is C12H13F3N2S. The summed E-state index contributed by atoms with van der Waals surface area (Å²) in [5, 5.41) is 0. The molecule has 2 nitrogen and oxygen atoms in total. The minimum atomic E-state index is -4.10. The summed E-state index contributed by atoms with van der Waals surface area (Å²) in [5.41, 5.74) is 2.64. The molecule has 0 spiro atoms. The highest BCUT2D eigenvalue weighted by Gasteiger charge is 2.42. The highest BCUT2D eigenvalue weighted by molar-refractivity contribution is 7.17. The van der Waals surface area contributed by atoms with E-state index in [1.807, 2.05) is 18.2 Å². The zero-order chi connectivity index (χ0) is 13.1. The van der Waals surface area contributed by atoms with Crippen LogP contribution in [0.3, 0.4) is 0 Å². The van der Waals surface area contributed by atoms with Crippen LogP contribution in [0.5, 0.6) is 0 Å². The third-order valence-corrected chi connectivity index (χ3v) is 4.80. The Morgan fingerprint density at radius 1 is 1.33 bits per heavy atom. The lowest BCUT2D eigenvalue weighted by atomic mass is 9.89. The quantitative estimate of drug-likeness (QED) is 0.716. The zero-order valence-electron chi connectivity index (χ0n) is 10.1. The first-order valence-corrected chi connectivity index (χ1v) is 6.72. The van der Waals surface area contributed by atoms with Gasteiger partial charge < -0.3 is 0 Å². The molecule has 0 fully saturated rings. The number of alkyl halides is 3. The van der Waals surface area contributed by atoms with Crippen LogP contribution in [0.2, 0.25) is 0 Å². The fourth-order valence-corrected chi connectivity index (χ4v) is 3.60. The minimum Gasteiger partial charge on any atom is -0.291 e. The van der Waals surface area contributed by atoms with Crippen molar-refractivity contribution in [3.05, 3.63) is 22.0 Å². The predicted molar refractivity (Wildman–Crippen MR) is 64.1 cm³/mol. The number of nitrogens with zero attached hydrogens (tertiary/aromatic N) is 2. The maximum atomic E-state index is 12.8. The third kappa shape index (κ3) is 1.66. The highest BCUT2D eigenvalue weighted by Crippen LogP contribution is 2.38. The summed E-state index contributed by atoms with van der Waals surface area (Å²) in [5.74, 6) is -1.22. The number of aromatic nitrogens is 2. The molecule has 0 saturated heterocycles. The maximum Gasteiger partial charge on any atom is 0.392 e. The number of hydrogen-bond donors (Lipinski definition) is 0. The van der Waals surface area contributed by atoms with Crippen molar-refractivity contribution >= 4 is 16.3 Å². The molecule has 1 unspecified atom stereocenters. The first-order valence-electron chi connectivity index (χ1n) is 5.91. The Morgan fingerprint density at radius 3 is 2.72 bits per heavy atom. The van der Waals surface area contributed by atoms with Crippen molar-refractivity contribution in [2.45, 2.75) is 39.3 Å². The summed E-state index contributed by atoms with van der Waals surface area (Å²) >= 11 is 1.55. The molecule has 18 heavy (non-hydrogen) atoms. The largest absolute Gasteiger partial charge is 0.392 e. The molecule has 0 radical (unpaired) electrons. The Balaban J connectivity index is 2.11. The van der Waals surface area contributed by atoms with Crippen LogP contribution in [-0.4, -0.2) is 15.6 Å². The number of imidazole rings is 1. The van der Waals surface area contributed by atoms with Crippen LogP contribution in [-0.2, 0) is 12.8 Å². The van der Waals surface area contributed by atoms with Crippen molar-refractivity contribution in [1.82, 2.24) is 9.38 Å². The third-order valence-electron chi connectivity index (χ3n) is 3.75. The normalized spacial score (nSPS) is 20.4. The lowest BCUT2D eigenvalue weighted by Gasteiger charge is -2.24. The van der Waals surface area contributed by atoms with Crippen LogP contribution < -0.4 is 0 Å². The van der Waals surface area contributed by atoms with Gasteiger partial charge in [0.1, 0.15) is 0 Å². The Hall–Kier alpha value is -1.04. The second kappa shape index (κ2) is 3.73. The number of thiazole rings is 1. The van der Waals surface area contributed by atoms with Crippen molar-refractivity contribution in [2.75, 3.05) is 0 Å². The second-order valence-electron chi connectivity index (χ2n) is 4.85. The average molecular weight is 274 g/mol. The molecule has 0 bridgehead atoms.